The molecule has 0 saturated heterocycles. The lowest BCUT2D eigenvalue weighted by atomic mass is 9.86. The lowest BCUT2D eigenvalue weighted by Gasteiger charge is -2.38. The molecule has 0 aromatic carbocycles. The van der Waals surface area contributed by atoms with Crippen LogP contribution in [0, 0.1) is 5.92 Å². The minimum Gasteiger partial charge on any atom is -0.353 e. The molecule has 0 aromatic heterocycles. The van der Waals surface area contributed by atoms with Crippen LogP contribution in [-0.2, 0) is 9.47 Å². The van der Waals surface area contributed by atoms with Gasteiger partial charge in [-0.05, 0) is 32.2 Å². The second kappa shape index (κ2) is 12.6. The normalized spacial score (nSPS) is 13.7. The monoisotopic (exact) mass is 287 g/mol. The second-order valence-electron chi connectivity index (χ2n) is 5.76. The zero-order chi connectivity index (χ0) is 15.3. The van der Waals surface area contributed by atoms with Crippen LogP contribution in [0.25, 0.3) is 0 Å². The van der Waals surface area contributed by atoms with Gasteiger partial charge in [0.15, 0.2) is 5.79 Å². The molecule has 0 bridgehead atoms. The van der Waals surface area contributed by atoms with E-state index in [9.17, 15) is 0 Å². The molecule has 20 heavy (non-hydrogen) atoms. The number of methoxy groups -OCH3 is 2. The number of rotatable bonds is 14. The average Bonchev–Trinajstić information content (AvgIpc) is 2.49. The highest BCUT2D eigenvalue weighted by molar-refractivity contribution is 4.78. The molecule has 0 fully saturated rings. The molecule has 0 rings (SSSR count). The molecule has 3 heteroatoms. The number of hydrogen-bond donors (Lipinski definition) is 1. The fourth-order valence-electron chi connectivity index (χ4n) is 3.11. The molecule has 0 aliphatic rings. The van der Waals surface area contributed by atoms with Crippen molar-refractivity contribution in [1.82, 2.24) is 0 Å². The Bertz CT molecular complexity index is 197. The van der Waals surface area contributed by atoms with Crippen molar-refractivity contribution in [2.24, 2.45) is 11.7 Å². The van der Waals surface area contributed by atoms with E-state index in [-0.39, 0.29) is 0 Å². The van der Waals surface area contributed by atoms with Crippen LogP contribution in [0.3, 0.4) is 0 Å². The van der Waals surface area contributed by atoms with Gasteiger partial charge in [-0.25, -0.2) is 0 Å². The number of nitrogens with two attached hydrogens (primary N) is 1. The summed E-state index contributed by atoms with van der Waals surface area (Å²) < 4.78 is 11.5. The fraction of sp³-hybridized carbons (Fsp3) is 1.00. The molecule has 0 saturated carbocycles. The molecular weight excluding hydrogens is 250 g/mol. The molecule has 0 aromatic rings. The lowest BCUT2D eigenvalue weighted by Crippen LogP contribution is -2.41. The van der Waals surface area contributed by atoms with Crippen LogP contribution >= 0.6 is 0 Å². The first-order valence-corrected chi connectivity index (χ1v) is 8.51. The predicted octanol–water partition coefficient (Wildman–Crippen LogP) is 4.49. The molecule has 122 valence electrons. The van der Waals surface area contributed by atoms with Crippen LogP contribution < -0.4 is 5.73 Å². The second-order valence-corrected chi connectivity index (χ2v) is 5.76. The highest BCUT2D eigenvalue weighted by Gasteiger charge is 2.36. The van der Waals surface area contributed by atoms with Gasteiger partial charge in [-0.2, -0.15) is 0 Å². The molecule has 0 aliphatic heterocycles. The number of ether oxygens (including phenoxy) is 2. The van der Waals surface area contributed by atoms with Gasteiger partial charge in [-0.1, -0.05) is 52.4 Å². The largest absolute Gasteiger partial charge is 0.353 e. The van der Waals surface area contributed by atoms with Crippen molar-refractivity contribution < 1.29 is 9.47 Å². The first-order chi connectivity index (χ1) is 9.70. The molecule has 1 atom stereocenters. The molecule has 2 N–H and O–H groups in total. The van der Waals surface area contributed by atoms with Crippen molar-refractivity contribution in [1.29, 1.82) is 0 Å². The smallest absolute Gasteiger partial charge is 0.170 e. The van der Waals surface area contributed by atoms with Gasteiger partial charge in [0, 0.05) is 20.1 Å². The minimum absolute atomic E-state index is 0.418. The quantitative estimate of drug-likeness (QED) is 0.378. The van der Waals surface area contributed by atoms with Gasteiger partial charge < -0.3 is 15.2 Å². The van der Waals surface area contributed by atoms with Gasteiger partial charge in [0.2, 0.25) is 0 Å². The molecule has 0 amide bonds. The maximum atomic E-state index is 5.73. The zero-order valence-corrected chi connectivity index (χ0v) is 14.2. The van der Waals surface area contributed by atoms with E-state index in [1.807, 2.05) is 0 Å². The Hall–Kier alpha value is -0.120. The van der Waals surface area contributed by atoms with Crippen LogP contribution in [0.5, 0.6) is 0 Å². The van der Waals surface area contributed by atoms with Crippen molar-refractivity contribution in [3.63, 3.8) is 0 Å². The summed E-state index contributed by atoms with van der Waals surface area (Å²) in [5.74, 6) is 0.0377. The van der Waals surface area contributed by atoms with Crippen molar-refractivity contribution in [2.75, 3.05) is 20.8 Å². The average molecular weight is 287 g/mol. The molecule has 3 nitrogen and oxygen atoms in total. The lowest BCUT2D eigenvalue weighted by molar-refractivity contribution is -0.244. The summed E-state index contributed by atoms with van der Waals surface area (Å²) in [5, 5.41) is 0. The topological polar surface area (TPSA) is 44.5 Å². The summed E-state index contributed by atoms with van der Waals surface area (Å²) in [6.45, 7) is 5.15. The van der Waals surface area contributed by atoms with Gasteiger partial charge in [0.05, 0.1) is 0 Å². The van der Waals surface area contributed by atoms with Crippen molar-refractivity contribution in [2.45, 2.75) is 83.8 Å². The first-order valence-electron chi connectivity index (χ1n) is 8.51. The van der Waals surface area contributed by atoms with Crippen molar-refractivity contribution in [3.8, 4) is 0 Å². The predicted molar refractivity (Wildman–Crippen MR) is 86.8 cm³/mol. The molecular formula is C17H37NO2. The number of unbranched alkanes of at least 4 members (excludes halogenated alkanes) is 5. The third-order valence-electron chi connectivity index (χ3n) is 4.47. The Morgan fingerprint density at radius 2 is 1.40 bits per heavy atom. The van der Waals surface area contributed by atoms with E-state index >= 15 is 0 Å². The summed E-state index contributed by atoms with van der Waals surface area (Å²) in [4.78, 5) is 0. The minimum atomic E-state index is -0.418. The molecule has 1 unspecified atom stereocenters. The summed E-state index contributed by atoms with van der Waals surface area (Å²) in [6, 6.07) is 0. The van der Waals surface area contributed by atoms with Crippen LogP contribution in [-0.4, -0.2) is 26.6 Å². The van der Waals surface area contributed by atoms with Gasteiger partial charge in [-0.3, -0.25) is 0 Å². The number of hydrogen-bond acceptors (Lipinski definition) is 3. The van der Waals surface area contributed by atoms with E-state index in [1.165, 1.54) is 44.9 Å². The summed E-state index contributed by atoms with van der Waals surface area (Å²) in [5.41, 5.74) is 5.67. The summed E-state index contributed by atoms with van der Waals surface area (Å²) in [6.07, 6.45) is 12.2. The summed E-state index contributed by atoms with van der Waals surface area (Å²) >= 11 is 0. The van der Waals surface area contributed by atoms with Crippen LogP contribution in [0.1, 0.15) is 78.1 Å². The Balaban J connectivity index is 4.25. The highest BCUT2D eigenvalue weighted by Crippen LogP contribution is 2.34. The Kier molecular flexibility index (Phi) is 12.5. The van der Waals surface area contributed by atoms with Crippen molar-refractivity contribution >= 4 is 0 Å². The standard InChI is InChI=1S/C17H37NO2/c1-5-7-8-9-10-11-13-16(14-12-15-18)17(6-2,19-3)20-4/h16H,5-15,18H2,1-4H3. The SMILES string of the molecule is CCCCCCCCC(CCCN)C(CC)(OC)OC. The van der Waals surface area contributed by atoms with E-state index in [1.54, 1.807) is 14.2 Å². The maximum Gasteiger partial charge on any atom is 0.170 e. The molecule has 0 radical (unpaired) electrons. The maximum absolute atomic E-state index is 5.73. The fourth-order valence-corrected chi connectivity index (χ4v) is 3.11. The first kappa shape index (κ1) is 19.9. The van der Waals surface area contributed by atoms with Gasteiger partial charge in [-0.15, -0.1) is 0 Å². The van der Waals surface area contributed by atoms with Crippen LogP contribution in [0.2, 0.25) is 0 Å². The van der Waals surface area contributed by atoms with E-state index in [4.69, 9.17) is 15.2 Å². The van der Waals surface area contributed by atoms with Crippen LogP contribution in [0.15, 0.2) is 0 Å². The van der Waals surface area contributed by atoms with Crippen molar-refractivity contribution in [3.05, 3.63) is 0 Å². The zero-order valence-electron chi connectivity index (χ0n) is 14.2. The van der Waals surface area contributed by atoms with Gasteiger partial charge in [0.1, 0.15) is 0 Å². The Morgan fingerprint density at radius 3 is 1.90 bits per heavy atom. The third-order valence-corrected chi connectivity index (χ3v) is 4.47. The highest BCUT2D eigenvalue weighted by atomic mass is 16.7. The van der Waals surface area contributed by atoms with E-state index in [0.29, 0.717) is 5.92 Å². The Labute approximate surface area is 126 Å². The van der Waals surface area contributed by atoms with Gasteiger partial charge in [0.25, 0.3) is 0 Å². The van der Waals surface area contributed by atoms with E-state index in [0.717, 1.165) is 25.8 Å². The third kappa shape index (κ3) is 7.05. The van der Waals surface area contributed by atoms with Crippen LogP contribution in [0.4, 0.5) is 0 Å². The van der Waals surface area contributed by atoms with Gasteiger partial charge >= 0.3 is 0 Å². The molecule has 0 heterocycles. The van der Waals surface area contributed by atoms with E-state index < -0.39 is 5.79 Å². The molecule has 0 aliphatic carbocycles. The molecule has 0 spiro atoms. The Morgan fingerprint density at radius 1 is 0.850 bits per heavy atom. The van der Waals surface area contributed by atoms with E-state index in [2.05, 4.69) is 13.8 Å². The summed E-state index contributed by atoms with van der Waals surface area (Å²) in [7, 11) is 3.54.